The van der Waals surface area contributed by atoms with E-state index in [2.05, 4.69) is 13.8 Å². The van der Waals surface area contributed by atoms with Crippen LogP contribution < -0.4 is 0 Å². The number of hydrogen-bond donors (Lipinski definition) is 0. The van der Waals surface area contributed by atoms with E-state index in [9.17, 15) is 4.79 Å². The zero-order valence-corrected chi connectivity index (χ0v) is 9.25. The van der Waals surface area contributed by atoms with Crippen LogP contribution in [0.15, 0.2) is 0 Å². The number of nitrogens with zero attached hydrogens (tertiary/aromatic N) is 1. The number of carbonyl (C=O) groups excluding carboxylic acids is 1. The van der Waals surface area contributed by atoms with Crippen molar-refractivity contribution in [1.29, 1.82) is 5.26 Å². The number of hydrogen-bond acceptors (Lipinski definition) is 3. The van der Waals surface area contributed by atoms with Gasteiger partial charge in [-0.1, -0.05) is 26.7 Å². The van der Waals surface area contributed by atoms with Crippen LogP contribution in [0.4, 0.5) is 0 Å². The van der Waals surface area contributed by atoms with Crippen LogP contribution in [-0.2, 0) is 9.53 Å². The maximum absolute atomic E-state index is 11.3. The Kier molecular flexibility index (Phi) is 6.82. The normalized spacial score (nSPS) is 12.2. The van der Waals surface area contributed by atoms with Gasteiger partial charge in [0.15, 0.2) is 0 Å². The van der Waals surface area contributed by atoms with Crippen LogP contribution >= 0.6 is 0 Å². The molecule has 0 aromatic carbocycles. The summed E-state index contributed by atoms with van der Waals surface area (Å²) in [5.41, 5.74) is 0. The quantitative estimate of drug-likeness (QED) is 0.615. The van der Waals surface area contributed by atoms with Crippen molar-refractivity contribution in [2.45, 2.75) is 40.0 Å². The van der Waals surface area contributed by atoms with E-state index in [1.54, 1.807) is 6.92 Å². The van der Waals surface area contributed by atoms with Crippen molar-refractivity contribution in [3.8, 4) is 6.07 Å². The number of nitriles is 1. The van der Waals surface area contributed by atoms with Crippen molar-refractivity contribution in [3.63, 3.8) is 0 Å². The minimum Gasteiger partial charge on any atom is -0.465 e. The predicted octanol–water partition coefficient (Wildman–Crippen LogP) is 2.52. The van der Waals surface area contributed by atoms with E-state index < -0.39 is 5.92 Å². The Morgan fingerprint density at radius 2 is 1.93 bits per heavy atom. The molecule has 0 spiro atoms. The summed E-state index contributed by atoms with van der Waals surface area (Å²) < 4.78 is 4.82. The molecule has 0 aliphatic carbocycles. The molecule has 3 nitrogen and oxygen atoms in total. The molecule has 0 aliphatic rings. The molecule has 0 N–H and O–H groups in total. The van der Waals surface area contributed by atoms with Crippen LogP contribution in [0.1, 0.15) is 40.0 Å². The Morgan fingerprint density at radius 1 is 1.36 bits per heavy atom. The number of carbonyl (C=O) groups is 1. The van der Waals surface area contributed by atoms with Gasteiger partial charge in [0.05, 0.1) is 12.7 Å². The second-order valence-electron chi connectivity index (χ2n) is 3.35. The van der Waals surface area contributed by atoms with E-state index in [0.29, 0.717) is 18.9 Å². The predicted molar refractivity (Wildman–Crippen MR) is 54.4 cm³/mol. The Labute approximate surface area is 86.1 Å². The van der Waals surface area contributed by atoms with Crippen molar-refractivity contribution < 1.29 is 9.53 Å². The van der Waals surface area contributed by atoms with E-state index >= 15 is 0 Å². The van der Waals surface area contributed by atoms with Crippen molar-refractivity contribution in [2.24, 2.45) is 11.8 Å². The summed E-state index contributed by atoms with van der Waals surface area (Å²) >= 11 is 0. The highest BCUT2D eigenvalue weighted by atomic mass is 16.5. The average molecular weight is 197 g/mol. The first-order valence-electron chi connectivity index (χ1n) is 5.25. The summed E-state index contributed by atoms with van der Waals surface area (Å²) in [5.74, 6) is -0.509. The zero-order valence-electron chi connectivity index (χ0n) is 9.25. The fraction of sp³-hybridized carbons (Fsp3) is 0.818. The number of ether oxygens (including phenoxy) is 1. The van der Waals surface area contributed by atoms with Crippen molar-refractivity contribution in [2.75, 3.05) is 6.61 Å². The Balaban J connectivity index is 4.15. The number of esters is 1. The van der Waals surface area contributed by atoms with Gasteiger partial charge in [0, 0.05) is 0 Å². The molecule has 0 aromatic rings. The Hall–Kier alpha value is -1.04. The van der Waals surface area contributed by atoms with E-state index in [1.165, 1.54) is 0 Å². The van der Waals surface area contributed by atoms with Crippen LogP contribution in [0.5, 0.6) is 0 Å². The van der Waals surface area contributed by atoms with Crippen LogP contribution in [0.3, 0.4) is 0 Å². The molecule has 80 valence electrons. The topological polar surface area (TPSA) is 50.1 Å². The maximum Gasteiger partial charge on any atom is 0.323 e. The molecule has 0 rings (SSSR count). The van der Waals surface area contributed by atoms with Gasteiger partial charge in [-0.05, 0) is 19.3 Å². The van der Waals surface area contributed by atoms with Gasteiger partial charge in [-0.2, -0.15) is 5.26 Å². The zero-order chi connectivity index (χ0) is 11.0. The molecule has 0 fully saturated rings. The summed E-state index contributed by atoms with van der Waals surface area (Å²) in [5, 5.41) is 8.81. The summed E-state index contributed by atoms with van der Waals surface area (Å²) in [6.07, 6.45) is 2.64. The molecule has 0 amide bonds. The summed E-state index contributed by atoms with van der Waals surface area (Å²) in [7, 11) is 0. The first-order valence-corrected chi connectivity index (χ1v) is 5.25. The van der Waals surface area contributed by atoms with E-state index in [0.717, 1.165) is 12.8 Å². The lowest BCUT2D eigenvalue weighted by Crippen LogP contribution is -2.19. The average Bonchev–Trinajstić information content (AvgIpc) is 2.20. The molecule has 1 atom stereocenters. The standard InChI is InChI=1S/C11H19NO2/c1-4-9(5-2)7-10(8-12)11(13)14-6-3/h9-10H,4-7H2,1-3H3. The van der Waals surface area contributed by atoms with Gasteiger partial charge in [-0.3, -0.25) is 4.79 Å². The molecule has 3 heteroatoms. The van der Waals surface area contributed by atoms with Crippen molar-refractivity contribution >= 4 is 5.97 Å². The molecule has 1 unspecified atom stereocenters. The maximum atomic E-state index is 11.3. The lowest BCUT2D eigenvalue weighted by Gasteiger charge is -2.14. The lowest BCUT2D eigenvalue weighted by molar-refractivity contribution is -0.146. The van der Waals surface area contributed by atoms with Gasteiger partial charge >= 0.3 is 5.97 Å². The first-order chi connectivity index (χ1) is 6.69. The summed E-state index contributed by atoms with van der Waals surface area (Å²) in [6, 6.07) is 2.01. The second kappa shape index (κ2) is 7.37. The molecule has 0 radical (unpaired) electrons. The van der Waals surface area contributed by atoms with Gasteiger partial charge in [0.25, 0.3) is 0 Å². The summed E-state index contributed by atoms with van der Waals surface area (Å²) in [6.45, 7) is 6.25. The highest BCUT2D eigenvalue weighted by Gasteiger charge is 2.22. The summed E-state index contributed by atoms with van der Waals surface area (Å²) in [4.78, 5) is 11.3. The largest absolute Gasteiger partial charge is 0.465 e. The Bertz CT molecular complexity index is 204. The molecular formula is C11H19NO2. The van der Waals surface area contributed by atoms with E-state index in [4.69, 9.17) is 10.00 Å². The third-order valence-corrected chi connectivity index (χ3v) is 2.45. The lowest BCUT2D eigenvalue weighted by atomic mass is 9.91. The Morgan fingerprint density at radius 3 is 2.29 bits per heavy atom. The van der Waals surface area contributed by atoms with Gasteiger partial charge in [0.1, 0.15) is 5.92 Å². The molecule has 0 aromatic heterocycles. The monoisotopic (exact) mass is 197 g/mol. The fourth-order valence-corrected chi connectivity index (χ4v) is 1.40. The fourth-order valence-electron chi connectivity index (χ4n) is 1.40. The minimum absolute atomic E-state index is 0.347. The molecule has 0 heterocycles. The van der Waals surface area contributed by atoms with Gasteiger partial charge < -0.3 is 4.74 Å². The van der Waals surface area contributed by atoms with Gasteiger partial charge in [-0.25, -0.2) is 0 Å². The second-order valence-corrected chi connectivity index (χ2v) is 3.35. The van der Waals surface area contributed by atoms with Crippen LogP contribution in [0.25, 0.3) is 0 Å². The first kappa shape index (κ1) is 13.0. The van der Waals surface area contributed by atoms with Gasteiger partial charge in [0.2, 0.25) is 0 Å². The third-order valence-electron chi connectivity index (χ3n) is 2.45. The highest BCUT2D eigenvalue weighted by Crippen LogP contribution is 2.19. The highest BCUT2D eigenvalue weighted by molar-refractivity contribution is 5.75. The molecule has 0 saturated carbocycles. The molecule has 0 saturated heterocycles. The SMILES string of the molecule is CCOC(=O)C(C#N)CC(CC)CC. The van der Waals surface area contributed by atoms with Gasteiger partial charge in [-0.15, -0.1) is 0 Å². The van der Waals surface area contributed by atoms with Crippen molar-refractivity contribution in [1.82, 2.24) is 0 Å². The van der Waals surface area contributed by atoms with Crippen LogP contribution in [0, 0.1) is 23.2 Å². The van der Waals surface area contributed by atoms with Crippen LogP contribution in [0.2, 0.25) is 0 Å². The molecule has 0 aliphatic heterocycles. The smallest absolute Gasteiger partial charge is 0.323 e. The third kappa shape index (κ3) is 4.27. The molecule has 0 bridgehead atoms. The molecule has 14 heavy (non-hydrogen) atoms. The molecular weight excluding hydrogens is 178 g/mol. The van der Waals surface area contributed by atoms with Crippen molar-refractivity contribution in [3.05, 3.63) is 0 Å². The minimum atomic E-state index is -0.583. The van der Waals surface area contributed by atoms with E-state index in [-0.39, 0.29) is 5.97 Å². The van der Waals surface area contributed by atoms with Crippen LogP contribution in [-0.4, -0.2) is 12.6 Å². The van der Waals surface area contributed by atoms with E-state index in [1.807, 2.05) is 6.07 Å². The number of rotatable bonds is 6.